The molecule has 0 saturated carbocycles. The van der Waals surface area contributed by atoms with Gasteiger partial charge in [0, 0.05) is 81.2 Å². The highest BCUT2D eigenvalue weighted by atomic mass is 16.6. The Morgan fingerprint density at radius 3 is 0.958 bits per heavy atom. The number of nitrogens with one attached hydrogen (secondary N) is 3. The first kappa shape index (κ1) is 40.7. The highest BCUT2D eigenvalue weighted by Crippen LogP contribution is 2.30. The second-order valence-electron chi connectivity index (χ2n) is 17.3. The van der Waals surface area contributed by atoms with Gasteiger partial charge >= 0.3 is 17.9 Å². The molecule has 0 aromatic rings. The molecule has 6 unspecified atom stereocenters. The zero-order chi connectivity index (χ0) is 35.9. The van der Waals surface area contributed by atoms with E-state index in [1.807, 2.05) is 0 Å². The van der Waals surface area contributed by atoms with Gasteiger partial charge in [-0.3, -0.25) is 14.4 Å². The molecule has 3 N–H and O–H groups in total. The first-order valence-corrected chi connectivity index (χ1v) is 19.3. The van der Waals surface area contributed by atoms with Crippen LogP contribution in [0.25, 0.3) is 0 Å². The Labute approximate surface area is 292 Å². The van der Waals surface area contributed by atoms with Gasteiger partial charge in [-0.05, 0) is 41.9 Å². The maximum atomic E-state index is 13.9. The number of ether oxygens (including phenoxy) is 3. The van der Waals surface area contributed by atoms with Gasteiger partial charge in [-0.2, -0.15) is 0 Å². The topological polar surface area (TPSA) is 115 Å². The summed E-state index contributed by atoms with van der Waals surface area (Å²) in [4.78, 5) is 41.1. The van der Waals surface area contributed by atoms with Crippen LogP contribution in [0.15, 0.2) is 0 Å². The van der Waals surface area contributed by atoms with E-state index < -0.39 is 17.9 Å². The van der Waals surface area contributed by atoms with E-state index in [1.165, 1.54) is 0 Å². The predicted molar refractivity (Wildman–Crippen MR) is 191 cm³/mol. The normalized spacial score (nSPS) is 32.2. The Morgan fingerprint density at radius 2 is 0.708 bits per heavy atom. The van der Waals surface area contributed by atoms with Gasteiger partial charge in [0.1, 0.15) is 18.3 Å². The molecule has 278 valence electrons. The Kier molecular flexibility index (Phi) is 15.7. The second-order valence-corrected chi connectivity index (χ2v) is 17.3. The van der Waals surface area contributed by atoms with Crippen molar-refractivity contribution >= 4 is 17.9 Å². The molecule has 3 saturated heterocycles. The average Bonchev–Trinajstić information content (AvgIpc) is 3.00. The van der Waals surface area contributed by atoms with Crippen molar-refractivity contribution in [1.82, 2.24) is 16.0 Å². The molecule has 0 spiro atoms. The van der Waals surface area contributed by atoms with Crippen LogP contribution < -0.4 is 16.0 Å². The molecule has 3 aliphatic rings. The van der Waals surface area contributed by atoms with Gasteiger partial charge in [-0.25, -0.2) is 0 Å². The van der Waals surface area contributed by atoms with Crippen LogP contribution in [-0.2, 0) is 28.6 Å². The fourth-order valence-electron chi connectivity index (χ4n) is 7.63. The van der Waals surface area contributed by atoms with Crippen molar-refractivity contribution in [2.75, 3.05) is 0 Å². The summed E-state index contributed by atoms with van der Waals surface area (Å²) >= 11 is 0. The molecule has 3 fully saturated rings. The molecule has 3 heterocycles. The Morgan fingerprint density at radius 1 is 0.458 bits per heavy atom. The van der Waals surface area contributed by atoms with Crippen LogP contribution in [0.4, 0.5) is 0 Å². The van der Waals surface area contributed by atoms with Crippen molar-refractivity contribution in [2.24, 2.45) is 41.4 Å². The maximum Gasteiger partial charge on any atom is 0.320 e. The van der Waals surface area contributed by atoms with Crippen molar-refractivity contribution in [1.29, 1.82) is 0 Å². The first-order chi connectivity index (χ1) is 22.4. The summed E-state index contributed by atoms with van der Waals surface area (Å²) in [5.74, 6) is -0.350. The van der Waals surface area contributed by atoms with E-state index in [9.17, 15) is 14.4 Å². The third-order valence-electron chi connectivity index (χ3n) is 11.3. The van der Waals surface area contributed by atoms with Crippen LogP contribution in [0, 0.1) is 41.4 Å². The predicted octanol–water partition coefficient (Wildman–Crippen LogP) is 6.42. The second kappa shape index (κ2) is 18.5. The van der Waals surface area contributed by atoms with Crippen LogP contribution in [0.1, 0.15) is 134 Å². The van der Waals surface area contributed by atoms with E-state index in [2.05, 4.69) is 99.0 Å². The lowest BCUT2D eigenvalue weighted by Gasteiger charge is -2.40. The van der Waals surface area contributed by atoms with E-state index in [0.717, 1.165) is 12.8 Å². The third-order valence-corrected chi connectivity index (χ3v) is 11.3. The van der Waals surface area contributed by atoms with E-state index >= 15 is 0 Å². The number of esters is 3. The fraction of sp³-hybridized carbons (Fsp3) is 0.923. The lowest BCUT2D eigenvalue weighted by molar-refractivity contribution is -0.171. The molecule has 3 rings (SSSR count). The SMILES string of the molecule is CC(C)C1CC(OC(=O)CCC(C(=O)OC2CC(C(C)C)NC(C(C)C)C2)C(=O)OC2CC(C(C)C)NC(C(C)C)C2)CC(C(C)C)N1. The minimum atomic E-state index is -1.17. The molecule has 48 heavy (non-hydrogen) atoms. The van der Waals surface area contributed by atoms with Gasteiger partial charge in [0.25, 0.3) is 0 Å². The maximum absolute atomic E-state index is 13.9. The van der Waals surface area contributed by atoms with Crippen molar-refractivity contribution in [3.8, 4) is 0 Å². The lowest BCUT2D eigenvalue weighted by atomic mass is 9.85. The number of piperidine rings is 3. The Hall–Kier alpha value is -1.71. The molecule has 0 radical (unpaired) electrons. The molecule has 0 aromatic heterocycles. The summed E-state index contributed by atoms with van der Waals surface area (Å²) in [7, 11) is 0. The minimum absolute atomic E-state index is 0.0149. The molecule has 0 amide bonds. The summed E-state index contributed by atoms with van der Waals surface area (Å²) in [6.07, 6.45) is 3.48. The summed E-state index contributed by atoms with van der Waals surface area (Å²) in [6, 6.07) is 1.41. The minimum Gasteiger partial charge on any atom is -0.462 e. The molecule has 9 nitrogen and oxygen atoms in total. The highest BCUT2D eigenvalue weighted by molar-refractivity contribution is 5.95. The van der Waals surface area contributed by atoms with Crippen molar-refractivity contribution in [3.63, 3.8) is 0 Å². The summed E-state index contributed by atoms with van der Waals surface area (Å²) in [5.41, 5.74) is 0. The van der Waals surface area contributed by atoms with Crippen LogP contribution in [0.5, 0.6) is 0 Å². The first-order valence-electron chi connectivity index (χ1n) is 19.3. The van der Waals surface area contributed by atoms with Crippen LogP contribution in [-0.4, -0.2) is 72.5 Å². The summed E-state index contributed by atoms with van der Waals surface area (Å²) in [5, 5.41) is 11.2. The largest absolute Gasteiger partial charge is 0.462 e. The van der Waals surface area contributed by atoms with Gasteiger partial charge in [0.15, 0.2) is 5.92 Å². The molecule has 0 aromatic carbocycles. The summed E-state index contributed by atoms with van der Waals surface area (Å²) in [6.45, 7) is 26.1. The van der Waals surface area contributed by atoms with Crippen LogP contribution in [0.2, 0.25) is 0 Å². The zero-order valence-corrected chi connectivity index (χ0v) is 32.3. The standard InChI is InChI=1S/C39H71N3O6/c1-21(2)31-15-27(16-32(40-31)22(3)4)46-37(43)14-13-30(38(44)47-28-17-33(23(5)6)41-34(18-28)24(7)8)39(45)48-29-19-35(25(9)10)42-36(20-29)26(11)12/h21-36,40-42H,13-20H2,1-12H3. The van der Waals surface area contributed by atoms with Crippen LogP contribution in [0.3, 0.4) is 0 Å². The molecule has 0 aliphatic carbocycles. The Bertz CT molecular complexity index is 929. The zero-order valence-electron chi connectivity index (χ0n) is 32.3. The van der Waals surface area contributed by atoms with Gasteiger partial charge in [-0.1, -0.05) is 83.1 Å². The fourth-order valence-corrected chi connectivity index (χ4v) is 7.63. The molecule has 3 aliphatic heterocycles. The van der Waals surface area contributed by atoms with Gasteiger partial charge in [0.05, 0.1) is 0 Å². The molecule has 6 atom stereocenters. The van der Waals surface area contributed by atoms with E-state index in [0.29, 0.717) is 61.2 Å². The highest BCUT2D eigenvalue weighted by Gasteiger charge is 2.40. The molecule has 9 heteroatoms. The third kappa shape index (κ3) is 12.0. The van der Waals surface area contributed by atoms with E-state index in [-0.39, 0.29) is 73.4 Å². The number of carbonyl (C=O) groups is 3. The van der Waals surface area contributed by atoms with Gasteiger partial charge < -0.3 is 30.2 Å². The average molecular weight is 678 g/mol. The van der Waals surface area contributed by atoms with Crippen LogP contribution >= 0.6 is 0 Å². The Balaban J connectivity index is 1.75. The molecular formula is C39H71N3O6. The molecular weight excluding hydrogens is 606 g/mol. The number of rotatable bonds is 14. The van der Waals surface area contributed by atoms with E-state index in [1.54, 1.807) is 0 Å². The number of hydrogen-bond donors (Lipinski definition) is 3. The van der Waals surface area contributed by atoms with Crippen molar-refractivity contribution < 1.29 is 28.6 Å². The lowest BCUT2D eigenvalue weighted by Crippen LogP contribution is -2.53. The van der Waals surface area contributed by atoms with Gasteiger partial charge in [0.2, 0.25) is 0 Å². The number of carbonyl (C=O) groups excluding carboxylic acids is 3. The summed E-state index contributed by atoms with van der Waals surface area (Å²) < 4.78 is 18.3. The van der Waals surface area contributed by atoms with Crippen molar-refractivity contribution in [3.05, 3.63) is 0 Å². The quantitative estimate of drug-likeness (QED) is 0.109. The number of hydrogen-bond acceptors (Lipinski definition) is 9. The monoisotopic (exact) mass is 678 g/mol. The molecule has 0 bridgehead atoms. The van der Waals surface area contributed by atoms with Crippen molar-refractivity contribution in [2.45, 2.75) is 189 Å². The smallest absolute Gasteiger partial charge is 0.320 e. The van der Waals surface area contributed by atoms with E-state index in [4.69, 9.17) is 14.2 Å². The van der Waals surface area contributed by atoms with Gasteiger partial charge in [-0.15, -0.1) is 0 Å².